The molecule has 1 aliphatic heterocycles. The number of hydrogen-bond donors (Lipinski definition) is 1. The predicted molar refractivity (Wildman–Crippen MR) is 59.2 cm³/mol. The summed E-state index contributed by atoms with van der Waals surface area (Å²) >= 11 is 0. The van der Waals surface area contributed by atoms with E-state index in [9.17, 15) is 14.7 Å². The number of aryl methyl sites for hydroxylation is 1. The number of benzene rings is 1. The van der Waals surface area contributed by atoms with Crippen molar-refractivity contribution in [3.8, 4) is 5.75 Å². The van der Waals surface area contributed by atoms with Crippen molar-refractivity contribution in [1.29, 1.82) is 0 Å². The SMILES string of the molecule is Cc1cc(O)ccc1N1C(=O)CCCC1=O. The van der Waals surface area contributed by atoms with E-state index in [0.29, 0.717) is 24.9 Å². The predicted octanol–water partition coefficient (Wildman–Crippen LogP) is 1.74. The first-order valence-corrected chi connectivity index (χ1v) is 5.25. The first-order valence-electron chi connectivity index (χ1n) is 5.25. The fourth-order valence-electron chi connectivity index (χ4n) is 1.91. The van der Waals surface area contributed by atoms with E-state index in [1.54, 1.807) is 19.1 Å². The average molecular weight is 219 g/mol. The van der Waals surface area contributed by atoms with Crippen molar-refractivity contribution in [3.63, 3.8) is 0 Å². The van der Waals surface area contributed by atoms with E-state index in [0.717, 1.165) is 5.56 Å². The molecule has 0 saturated carbocycles. The van der Waals surface area contributed by atoms with Crippen molar-refractivity contribution in [2.24, 2.45) is 0 Å². The molecule has 0 spiro atoms. The third-order valence-corrected chi connectivity index (χ3v) is 2.70. The molecule has 0 aromatic heterocycles. The van der Waals surface area contributed by atoms with Crippen LogP contribution in [0.1, 0.15) is 24.8 Å². The highest BCUT2D eigenvalue weighted by Crippen LogP contribution is 2.27. The fourth-order valence-corrected chi connectivity index (χ4v) is 1.91. The summed E-state index contributed by atoms with van der Waals surface area (Å²) in [6.07, 6.45) is 1.45. The Balaban J connectivity index is 2.42. The molecular formula is C12H13NO3. The maximum atomic E-state index is 11.7. The standard InChI is InChI=1S/C12H13NO3/c1-8-7-9(14)5-6-10(8)13-11(15)3-2-4-12(13)16/h5-7,14H,2-4H2,1H3. The molecule has 84 valence electrons. The molecule has 0 atom stereocenters. The van der Waals surface area contributed by atoms with E-state index in [4.69, 9.17) is 0 Å². The van der Waals surface area contributed by atoms with Crippen molar-refractivity contribution in [3.05, 3.63) is 23.8 Å². The van der Waals surface area contributed by atoms with Gasteiger partial charge in [0.05, 0.1) is 5.69 Å². The van der Waals surface area contributed by atoms with Gasteiger partial charge in [-0.15, -0.1) is 0 Å². The van der Waals surface area contributed by atoms with Crippen LogP contribution in [-0.2, 0) is 9.59 Å². The van der Waals surface area contributed by atoms with Crippen LogP contribution in [0.15, 0.2) is 18.2 Å². The van der Waals surface area contributed by atoms with Crippen LogP contribution in [-0.4, -0.2) is 16.9 Å². The summed E-state index contributed by atoms with van der Waals surface area (Å²) < 4.78 is 0. The number of aromatic hydroxyl groups is 1. The summed E-state index contributed by atoms with van der Waals surface area (Å²) in [7, 11) is 0. The number of amides is 2. The van der Waals surface area contributed by atoms with Crippen LogP contribution in [0, 0.1) is 6.92 Å². The van der Waals surface area contributed by atoms with Gasteiger partial charge in [-0.3, -0.25) is 14.5 Å². The maximum Gasteiger partial charge on any atom is 0.233 e. The topological polar surface area (TPSA) is 57.6 Å². The largest absolute Gasteiger partial charge is 0.508 e. The van der Waals surface area contributed by atoms with Crippen molar-refractivity contribution in [2.75, 3.05) is 4.90 Å². The molecule has 1 aliphatic rings. The van der Waals surface area contributed by atoms with Gasteiger partial charge in [0.2, 0.25) is 11.8 Å². The molecule has 0 radical (unpaired) electrons. The molecule has 0 bridgehead atoms. The minimum Gasteiger partial charge on any atom is -0.508 e. The zero-order valence-corrected chi connectivity index (χ0v) is 9.06. The molecule has 4 nitrogen and oxygen atoms in total. The highest BCUT2D eigenvalue weighted by atomic mass is 16.3. The highest BCUT2D eigenvalue weighted by molar-refractivity contribution is 6.16. The van der Waals surface area contributed by atoms with Gasteiger partial charge >= 0.3 is 0 Å². The first kappa shape index (κ1) is 10.7. The number of carbonyl (C=O) groups excluding carboxylic acids is 2. The van der Waals surface area contributed by atoms with E-state index in [-0.39, 0.29) is 17.6 Å². The molecule has 2 amide bonds. The number of nitrogens with zero attached hydrogens (tertiary/aromatic N) is 1. The normalized spacial score (nSPS) is 16.7. The van der Waals surface area contributed by atoms with Gasteiger partial charge in [0.25, 0.3) is 0 Å². The van der Waals surface area contributed by atoms with E-state index in [2.05, 4.69) is 0 Å². The summed E-state index contributed by atoms with van der Waals surface area (Å²) in [6.45, 7) is 1.77. The van der Waals surface area contributed by atoms with Gasteiger partial charge in [-0.05, 0) is 37.1 Å². The molecule has 16 heavy (non-hydrogen) atoms. The Morgan fingerprint density at radius 3 is 2.38 bits per heavy atom. The summed E-state index contributed by atoms with van der Waals surface area (Å²) in [6, 6.07) is 4.63. The molecule has 1 aromatic rings. The van der Waals surface area contributed by atoms with Crippen LogP contribution in [0.2, 0.25) is 0 Å². The van der Waals surface area contributed by atoms with Crippen LogP contribution in [0.4, 0.5) is 5.69 Å². The Bertz CT molecular complexity index is 438. The average Bonchev–Trinajstić information content (AvgIpc) is 2.20. The monoisotopic (exact) mass is 219 g/mol. The molecule has 1 saturated heterocycles. The Morgan fingerprint density at radius 2 is 1.81 bits per heavy atom. The molecule has 1 aromatic carbocycles. The summed E-state index contributed by atoms with van der Waals surface area (Å²) in [5.74, 6) is -0.187. The maximum absolute atomic E-state index is 11.7. The molecule has 0 aliphatic carbocycles. The van der Waals surface area contributed by atoms with Crippen molar-refractivity contribution in [2.45, 2.75) is 26.2 Å². The van der Waals surface area contributed by atoms with Crippen molar-refractivity contribution >= 4 is 17.5 Å². The second kappa shape index (κ2) is 3.96. The number of piperidine rings is 1. The molecule has 4 heteroatoms. The Morgan fingerprint density at radius 1 is 1.19 bits per heavy atom. The van der Waals surface area contributed by atoms with Crippen LogP contribution in [0.25, 0.3) is 0 Å². The molecule has 1 N–H and O–H groups in total. The van der Waals surface area contributed by atoms with Crippen LogP contribution in [0.3, 0.4) is 0 Å². The minimum atomic E-state index is -0.162. The van der Waals surface area contributed by atoms with E-state index >= 15 is 0 Å². The number of anilines is 1. The summed E-state index contributed by atoms with van der Waals surface area (Å²) in [5.41, 5.74) is 1.30. The zero-order chi connectivity index (χ0) is 11.7. The zero-order valence-electron chi connectivity index (χ0n) is 9.06. The molecule has 2 rings (SSSR count). The second-order valence-electron chi connectivity index (χ2n) is 3.95. The molecule has 0 unspecified atom stereocenters. The van der Waals surface area contributed by atoms with E-state index in [1.807, 2.05) is 0 Å². The number of phenols is 1. The molecule has 1 fully saturated rings. The Labute approximate surface area is 93.5 Å². The van der Waals surface area contributed by atoms with Gasteiger partial charge in [-0.1, -0.05) is 0 Å². The van der Waals surface area contributed by atoms with Gasteiger partial charge in [0.1, 0.15) is 5.75 Å². The lowest BCUT2D eigenvalue weighted by atomic mass is 10.1. The molecular weight excluding hydrogens is 206 g/mol. The minimum absolute atomic E-state index is 0.137. The number of imide groups is 1. The highest BCUT2D eigenvalue weighted by Gasteiger charge is 2.28. The second-order valence-corrected chi connectivity index (χ2v) is 3.95. The third-order valence-electron chi connectivity index (χ3n) is 2.70. The van der Waals surface area contributed by atoms with Gasteiger partial charge in [-0.2, -0.15) is 0 Å². The van der Waals surface area contributed by atoms with Crippen molar-refractivity contribution in [1.82, 2.24) is 0 Å². The van der Waals surface area contributed by atoms with E-state index < -0.39 is 0 Å². The fraction of sp³-hybridized carbons (Fsp3) is 0.333. The number of carbonyl (C=O) groups is 2. The van der Waals surface area contributed by atoms with Gasteiger partial charge in [0.15, 0.2) is 0 Å². The van der Waals surface area contributed by atoms with E-state index in [1.165, 1.54) is 11.0 Å². The van der Waals surface area contributed by atoms with Crippen LogP contribution >= 0.6 is 0 Å². The van der Waals surface area contributed by atoms with Gasteiger partial charge in [-0.25, -0.2) is 0 Å². The van der Waals surface area contributed by atoms with Crippen LogP contribution in [0.5, 0.6) is 5.75 Å². The summed E-state index contributed by atoms with van der Waals surface area (Å²) in [5, 5.41) is 9.28. The Kier molecular flexibility index (Phi) is 2.64. The van der Waals surface area contributed by atoms with Crippen LogP contribution < -0.4 is 4.90 Å². The summed E-state index contributed by atoms with van der Waals surface area (Å²) in [4.78, 5) is 24.6. The third kappa shape index (κ3) is 1.78. The lowest BCUT2D eigenvalue weighted by molar-refractivity contribution is -0.129. The van der Waals surface area contributed by atoms with Gasteiger partial charge in [0, 0.05) is 12.8 Å². The number of phenolic OH excluding ortho intramolecular Hbond substituents is 1. The lowest BCUT2D eigenvalue weighted by Gasteiger charge is -2.26. The van der Waals surface area contributed by atoms with Gasteiger partial charge < -0.3 is 5.11 Å². The van der Waals surface area contributed by atoms with Crippen molar-refractivity contribution < 1.29 is 14.7 Å². The smallest absolute Gasteiger partial charge is 0.233 e. The lowest BCUT2D eigenvalue weighted by Crippen LogP contribution is -2.40. The first-order chi connectivity index (χ1) is 7.59. The Hall–Kier alpha value is -1.84. The molecule has 1 heterocycles. The number of hydrogen-bond acceptors (Lipinski definition) is 3. The quantitative estimate of drug-likeness (QED) is 0.732. The number of rotatable bonds is 1.